The van der Waals surface area contributed by atoms with Crippen LogP contribution in [0.3, 0.4) is 0 Å². The van der Waals surface area contributed by atoms with E-state index in [2.05, 4.69) is 15.6 Å². The van der Waals surface area contributed by atoms with Crippen molar-refractivity contribution in [2.24, 2.45) is 7.05 Å². The van der Waals surface area contributed by atoms with Crippen molar-refractivity contribution in [3.8, 4) is 23.1 Å². The molecule has 3 amide bonds. The van der Waals surface area contributed by atoms with Gasteiger partial charge in [0.25, 0.3) is 18.3 Å². The maximum Gasteiger partial charge on any atom is 0.291 e. The molecule has 4 rings (SSSR count). The van der Waals surface area contributed by atoms with Crippen molar-refractivity contribution in [2.45, 2.75) is 0 Å². The summed E-state index contributed by atoms with van der Waals surface area (Å²) in [4.78, 5) is 53.7. The number of carbonyl (C=O) groups excluding carboxylic acids is 3. The summed E-state index contributed by atoms with van der Waals surface area (Å²) in [6, 6.07) is 8.57. The molecule has 0 saturated carbocycles. The SMILES string of the molecule is CNCC(=O)N1CCN(C(=O)c2ccc(NC(=O)c3ncc(-c4ccc(OCC#N)c(F)c4F)n3C)cc2Cl)CC1.O=CO. The summed E-state index contributed by atoms with van der Waals surface area (Å²) in [6.07, 6.45) is 1.23. The van der Waals surface area contributed by atoms with Crippen molar-refractivity contribution in [3.05, 3.63) is 64.6 Å². The van der Waals surface area contributed by atoms with E-state index in [-0.39, 0.29) is 52.5 Å². The third-order valence-corrected chi connectivity index (χ3v) is 6.82. The van der Waals surface area contributed by atoms with Crippen molar-refractivity contribution < 1.29 is 37.8 Å². The summed E-state index contributed by atoms with van der Waals surface area (Å²) in [6.45, 7) is 1.10. The number of carbonyl (C=O) groups is 4. The van der Waals surface area contributed by atoms with Gasteiger partial charge < -0.3 is 34.8 Å². The molecule has 13 nitrogen and oxygen atoms in total. The van der Waals surface area contributed by atoms with Crippen molar-refractivity contribution in [3.63, 3.8) is 0 Å². The van der Waals surface area contributed by atoms with Crippen LogP contribution in [0.1, 0.15) is 21.0 Å². The second-order valence-electron chi connectivity index (χ2n) is 9.17. The Morgan fingerprint density at radius 2 is 1.80 bits per heavy atom. The largest absolute Gasteiger partial charge is 0.483 e. The Kier molecular flexibility index (Phi) is 11.7. The van der Waals surface area contributed by atoms with E-state index in [1.165, 1.54) is 48.1 Å². The van der Waals surface area contributed by atoms with E-state index in [0.717, 1.165) is 0 Å². The fraction of sp³-hybridized carbons (Fsp3) is 0.286. The number of rotatable bonds is 8. The number of aromatic nitrogens is 2. The molecule has 3 aromatic rings. The van der Waals surface area contributed by atoms with Crippen LogP contribution in [0, 0.1) is 23.0 Å². The molecule has 232 valence electrons. The van der Waals surface area contributed by atoms with Crippen LogP contribution in [0.15, 0.2) is 36.5 Å². The van der Waals surface area contributed by atoms with Crippen LogP contribution in [-0.4, -0.2) is 95.0 Å². The molecule has 0 bridgehead atoms. The molecule has 3 N–H and O–H groups in total. The van der Waals surface area contributed by atoms with Gasteiger partial charge in [-0.1, -0.05) is 11.6 Å². The van der Waals surface area contributed by atoms with Crippen molar-refractivity contribution in [1.82, 2.24) is 24.7 Å². The Morgan fingerprint density at radius 3 is 2.41 bits per heavy atom. The zero-order valence-electron chi connectivity index (χ0n) is 23.6. The summed E-state index contributed by atoms with van der Waals surface area (Å²) in [7, 11) is 3.16. The Hall–Kier alpha value is -5.07. The summed E-state index contributed by atoms with van der Waals surface area (Å²) in [5.41, 5.74) is 0.516. The molecule has 1 fully saturated rings. The molecule has 0 radical (unpaired) electrons. The molecule has 44 heavy (non-hydrogen) atoms. The highest BCUT2D eigenvalue weighted by Gasteiger charge is 2.26. The molecular formula is C28H28ClF2N7O6. The minimum atomic E-state index is -1.27. The van der Waals surface area contributed by atoms with Crippen LogP contribution in [0.25, 0.3) is 11.3 Å². The number of amides is 3. The first-order valence-corrected chi connectivity index (χ1v) is 13.4. The second kappa shape index (κ2) is 15.4. The number of halogens is 3. The van der Waals surface area contributed by atoms with E-state index in [4.69, 9.17) is 31.5 Å². The number of nitrogens with zero attached hydrogens (tertiary/aromatic N) is 5. The molecule has 0 spiro atoms. The summed E-state index contributed by atoms with van der Waals surface area (Å²) < 4.78 is 35.3. The highest BCUT2D eigenvalue weighted by Crippen LogP contribution is 2.30. The van der Waals surface area contributed by atoms with Gasteiger partial charge in [0.05, 0.1) is 29.0 Å². The predicted molar refractivity (Wildman–Crippen MR) is 154 cm³/mol. The van der Waals surface area contributed by atoms with Crippen LogP contribution in [0.4, 0.5) is 14.5 Å². The Bertz CT molecular complexity index is 1590. The lowest BCUT2D eigenvalue weighted by Gasteiger charge is -2.35. The third kappa shape index (κ3) is 7.65. The number of likely N-dealkylation sites (N-methyl/N-ethyl adjacent to an activating group) is 1. The lowest BCUT2D eigenvalue weighted by Crippen LogP contribution is -2.52. The fourth-order valence-corrected chi connectivity index (χ4v) is 4.63. The number of ether oxygens (including phenoxy) is 1. The maximum atomic E-state index is 14.7. The van der Waals surface area contributed by atoms with Crippen molar-refractivity contribution in [2.75, 3.05) is 51.7 Å². The normalized spacial score (nSPS) is 12.5. The summed E-state index contributed by atoms with van der Waals surface area (Å²) in [5.74, 6) is -3.95. The molecule has 0 aliphatic carbocycles. The number of benzene rings is 2. The van der Waals surface area contributed by atoms with Gasteiger partial charge in [-0.3, -0.25) is 19.2 Å². The number of imidazole rings is 1. The highest BCUT2D eigenvalue weighted by molar-refractivity contribution is 6.34. The van der Waals surface area contributed by atoms with Crippen molar-refractivity contribution in [1.29, 1.82) is 5.26 Å². The molecule has 1 aromatic heterocycles. The average molecular weight is 632 g/mol. The topological polar surface area (TPSA) is 170 Å². The molecule has 1 aliphatic heterocycles. The van der Waals surface area contributed by atoms with E-state index < -0.39 is 29.9 Å². The van der Waals surface area contributed by atoms with Gasteiger partial charge in [-0.15, -0.1) is 0 Å². The second-order valence-corrected chi connectivity index (χ2v) is 9.58. The predicted octanol–water partition coefficient (Wildman–Crippen LogP) is 2.38. The van der Waals surface area contributed by atoms with E-state index in [0.29, 0.717) is 31.9 Å². The van der Waals surface area contributed by atoms with Gasteiger partial charge in [-0.2, -0.15) is 9.65 Å². The molecule has 0 unspecified atom stereocenters. The summed E-state index contributed by atoms with van der Waals surface area (Å²) >= 11 is 6.39. The Morgan fingerprint density at radius 1 is 1.14 bits per heavy atom. The summed E-state index contributed by atoms with van der Waals surface area (Å²) in [5, 5.41) is 21.1. The maximum absolute atomic E-state index is 14.7. The zero-order valence-corrected chi connectivity index (χ0v) is 24.4. The van der Waals surface area contributed by atoms with Crippen LogP contribution < -0.4 is 15.4 Å². The van der Waals surface area contributed by atoms with Gasteiger partial charge in [-0.05, 0) is 37.4 Å². The Labute approximate surface area is 255 Å². The van der Waals surface area contributed by atoms with Gasteiger partial charge >= 0.3 is 0 Å². The molecular weight excluding hydrogens is 604 g/mol. The zero-order chi connectivity index (χ0) is 32.4. The average Bonchev–Trinajstić information content (AvgIpc) is 3.39. The lowest BCUT2D eigenvalue weighted by atomic mass is 10.1. The van der Waals surface area contributed by atoms with Gasteiger partial charge in [0.2, 0.25) is 11.7 Å². The number of hydrogen-bond donors (Lipinski definition) is 3. The van der Waals surface area contributed by atoms with Crippen LogP contribution in [0.2, 0.25) is 5.02 Å². The smallest absolute Gasteiger partial charge is 0.291 e. The van der Waals surface area contributed by atoms with Crippen LogP contribution >= 0.6 is 11.6 Å². The first-order chi connectivity index (χ1) is 21.1. The minimum absolute atomic E-state index is 0.0330. The molecule has 1 saturated heterocycles. The molecule has 1 aliphatic rings. The number of hydrogen-bond acceptors (Lipinski definition) is 8. The monoisotopic (exact) mass is 631 g/mol. The number of nitriles is 1. The van der Waals surface area contributed by atoms with Gasteiger partial charge in [0.15, 0.2) is 24.0 Å². The van der Waals surface area contributed by atoms with Gasteiger partial charge in [-0.25, -0.2) is 9.37 Å². The highest BCUT2D eigenvalue weighted by atomic mass is 35.5. The number of nitrogens with one attached hydrogen (secondary N) is 2. The van der Waals surface area contributed by atoms with E-state index >= 15 is 0 Å². The molecule has 16 heteroatoms. The fourth-order valence-electron chi connectivity index (χ4n) is 4.37. The van der Waals surface area contributed by atoms with Gasteiger partial charge in [0.1, 0.15) is 6.07 Å². The van der Waals surface area contributed by atoms with E-state index in [1.54, 1.807) is 22.9 Å². The van der Waals surface area contributed by atoms with E-state index in [9.17, 15) is 23.2 Å². The lowest BCUT2D eigenvalue weighted by molar-refractivity contribution is -0.131. The first kappa shape index (κ1) is 33.4. The quantitative estimate of drug-likeness (QED) is 0.316. The minimum Gasteiger partial charge on any atom is -0.483 e. The molecule has 2 heterocycles. The van der Waals surface area contributed by atoms with E-state index in [1.807, 2.05) is 0 Å². The Balaban J connectivity index is 0.00000169. The number of anilines is 1. The number of carboxylic acid groups (broad SMARTS) is 1. The third-order valence-electron chi connectivity index (χ3n) is 6.51. The molecule has 0 atom stereocenters. The van der Waals surface area contributed by atoms with Gasteiger partial charge in [0, 0.05) is 44.5 Å². The molecule has 2 aromatic carbocycles. The van der Waals surface area contributed by atoms with Crippen LogP contribution in [-0.2, 0) is 16.6 Å². The standard InChI is InChI=1S/C27H26ClF2N7O4.CH2O2/c1-32-15-22(38)36-8-10-37(11-9-36)27(40)17-4-3-16(13-19(17)28)34-26(39)25-33-14-20(35(25)2)18-5-6-21(41-12-7-31)24(30)23(18)29;2-1-3/h3-6,13-14,32H,8-12,15H2,1-2H3,(H,34,39);1H,(H,2,3). The van der Waals surface area contributed by atoms with Crippen molar-refractivity contribution >= 4 is 41.5 Å². The number of piperazine rings is 1. The van der Waals surface area contributed by atoms with Crippen LogP contribution in [0.5, 0.6) is 5.75 Å². The first-order valence-electron chi connectivity index (χ1n) is 13.0.